The lowest BCUT2D eigenvalue weighted by atomic mass is 9.79. The Hall–Kier alpha value is -2.03. The molecule has 7 nitrogen and oxygen atoms in total. The molecule has 2 aromatic heterocycles. The second-order valence-corrected chi connectivity index (χ2v) is 9.28. The largest absolute Gasteiger partial charge is 0.346 e. The van der Waals surface area contributed by atoms with Gasteiger partial charge in [0.25, 0.3) is 11.8 Å². The van der Waals surface area contributed by atoms with Gasteiger partial charge in [0.05, 0.1) is 10.3 Å². The van der Waals surface area contributed by atoms with Crippen LogP contribution in [0.1, 0.15) is 40.6 Å². The van der Waals surface area contributed by atoms with Gasteiger partial charge in [0, 0.05) is 55.2 Å². The predicted molar refractivity (Wildman–Crippen MR) is 113 cm³/mol. The van der Waals surface area contributed by atoms with Crippen LogP contribution in [0.25, 0.3) is 10.1 Å². The molecular weight excluding hydrogens is 386 g/mol. The van der Waals surface area contributed by atoms with Crippen molar-refractivity contribution in [3.63, 3.8) is 0 Å². The first kappa shape index (κ1) is 19.0. The smallest absolute Gasteiger partial charge is 0.270 e. The van der Waals surface area contributed by atoms with Crippen LogP contribution in [-0.4, -0.2) is 78.0 Å². The molecule has 0 saturated carbocycles. The van der Waals surface area contributed by atoms with Gasteiger partial charge in [0.15, 0.2) is 0 Å². The van der Waals surface area contributed by atoms with Crippen LogP contribution in [0.4, 0.5) is 0 Å². The number of pyridine rings is 1. The molecule has 29 heavy (non-hydrogen) atoms. The van der Waals surface area contributed by atoms with E-state index in [0.717, 1.165) is 49.1 Å². The maximum atomic E-state index is 13.0. The fourth-order valence-electron chi connectivity index (χ4n) is 5.03. The molecule has 2 N–H and O–H groups in total. The van der Waals surface area contributed by atoms with Crippen molar-refractivity contribution in [1.29, 1.82) is 0 Å². The molecule has 8 heteroatoms. The summed E-state index contributed by atoms with van der Waals surface area (Å²) in [7, 11) is 0. The van der Waals surface area contributed by atoms with Gasteiger partial charge in [-0.15, -0.1) is 11.3 Å². The molecule has 4 saturated heterocycles. The minimum Gasteiger partial charge on any atom is -0.346 e. The van der Waals surface area contributed by atoms with Gasteiger partial charge in [-0.3, -0.25) is 14.5 Å². The molecule has 0 radical (unpaired) electrons. The zero-order chi connectivity index (χ0) is 20.0. The van der Waals surface area contributed by atoms with Gasteiger partial charge < -0.3 is 15.5 Å². The molecule has 0 spiro atoms. The molecule has 2 unspecified atom stereocenters. The second-order valence-electron chi connectivity index (χ2n) is 8.37. The molecule has 4 fully saturated rings. The third-order valence-corrected chi connectivity index (χ3v) is 7.74. The first-order chi connectivity index (χ1) is 14.1. The first-order valence-electron chi connectivity index (χ1n) is 10.5. The zero-order valence-corrected chi connectivity index (χ0v) is 17.5. The highest BCUT2D eigenvalue weighted by Gasteiger charge is 2.40. The summed E-state index contributed by atoms with van der Waals surface area (Å²) in [6, 6.07) is 2.33. The van der Waals surface area contributed by atoms with E-state index in [0.29, 0.717) is 36.3 Å². The van der Waals surface area contributed by atoms with E-state index in [1.54, 1.807) is 12.3 Å². The topological polar surface area (TPSA) is 77.6 Å². The van der Waals surface area contributed by atoms with Crippen LogP contribution in [0.2, 0.25) is 0 Å². The Morgan fingerprint density at radius 3 is 2.69 bits per heavy atom. The van der Waals surface area contributed by atoms with Gasteiger partial charge in [-0.05, 0) is 44.8 Å². The number of amides is 2. The number of hydrogen-bond donors (Lipinski definition) is 2. The van der Waals surface area contributed by atoms with Crippen molar-refractivity contribution >= 4 is 33.2 Å². The van der Waals surface area contributed by atoms with Crippen molar-refractivity contribution < 1.29 is 9.59 Å². The van der Waals surface area contributed by atoms with Gasteiger partial charge in [0.1, 0.15) is 5.69 Å². The normalized spacial score (nSPS) is 29.2. The van der Waals surface area contributed by atoms with Gasteiger partial charge in [-0.1, -0.05) is 0 Å². The van der Waals surface area contributed by atoms with Crippen molar-refractivity contribution in [3.05, 3.63) is 28.9 Å². The highest BCUT2D eigenvalue weighted by atomic mass is 32.1. The number of rotatable bonds is 3. The zero-order valence-electron chi connectivity index (χ0n) is 16.7. The van der Waals surface area contributed by atoms with Crippen LogP contribution in [0.5, 0.6) is 0 Å². The Balaban J connectivity index is 1.38. The lowest BCUT2D eigenvalue weighted by Crippen LogP contribution is -2.62. The molecule has 4 aliphatic heterocycles. The molecule has 6 rings (SSSR count). The van der Waals surface area contributed by atoms with Gasteiger partial charge in [-0.25, -0.2) is 4.98 Å². The summed E-state index contributed by atoms with van der Waals surface area (Å²) in [4.78, 5) is 34.7. The van der Waals surface area contributed by atoms with Gasteiger partial charge >= 0.3 is 0 Å². The third kappa shape index (κ3) is 3.43. The van der Waals surface area contributed by atoms with E-state index >= 15 is 0 Å². The van der Waals surface area contributed by atoms with Crippen LogP contribution >= 0.6 is 11.3 Å². The third-order valence-electron chi connectivity index (χ3n) is 6.80. The van der Waals surface area contributed by atoms with Crippen molar-refractivity contribution in [2.75, 3.05) is 39.3 Å². The number of hydrogen-bond acceptors (Lipinski definition) is 6. The number of carbonyl (C=O) groups is 2. The van der Waals surface area contributed by atoms with E-state index in [2.05, 4.69) is 27.4 Å². The van der Waals surface area contributed by atoms with Crippen molar-refractivity contribution in [2.24, 2.45) is 5.92 Å². The first-order valence-corrected chi connectivity index (χ1v) is 11.4. The highest BCUT2D eigenvalue weighted by Crippen LogP contribution is 2.32. The van der Waals surface area contributed by atoms with E-state index in [4.69, 9.17) is 0 Å². The lowest BCUT2D eigenvalue weighted by Gasteiger charge is -2.49. The summed E-state index contributed by atoms with van der Waals surface area (Å²) in [5.74, 6) is 0.458. The number of nitrogens with one attached hydrogen (secondary N) is 2. The van der Waals surface area contributed by atoms with E-state index in [1.165, 1.54) is 11.3 Å². The van der Waals surface area contributed by atoms with Gasteiger partial charge in [-0.2, -0.15) is 0 Å². The van der Waals surface area contributed by atoms with Gasteiger partial charge in [0.2, 0.25) is 0 Å². The number of piperidine rings is 3. The van der Waals surface area contributed by atoms with E-state index in [-0.39, 0.29) is 17.9 Å². The molecular formula is C21H27N5O2S. The summed E-state index contributed by atoms with van der Waals surface area (Å²) in [6.07, 6.45) is 4.02. The summed E-state index contributed by atoms with van der Waals surface area (Å²) >= 11 is 1.51. The quantitative estimate of drug-likeness (QED) is 0.799. The minimum atomic E-state index is -0.135. The lowest BCUT2D eigenvalue weighted by molar-refractivity contribution is 0.0216. The maximum absolute atomic E-state index is 13.0. The highest BCUT2D eigenvalue weighted by molar-refractivity contribution is 7.17. The van der Waals surface area contributed by atoms with Crippen LogP contribution in [-0.2, 0) is 0 Å². The molecule has 2 amide bonds. The molecule has 4 aliphatic rings. The molecule has 0 aliphatic carbocycles. The number of piperazine rings is 1. The monoisotopic (exact) mass is 413 g/mol. The number of fused-ring (bicyclic) bond motifs is 4. The van der Waals surface area contributed by atoms with Crippen LogP contribution in [0.3, 0.4) is 0 Å². The van der Waals surface area contributed by atoms with Crippen molar-refractivity contribution in [2.45, 2.75) is 31.8 Å². The van der Waals surface area contributed by atoms with Crippen molar-refractivity contribution in [3.8, 4) is 0 Å². The standard InChI is InChI=1S/C21H27N5O2S/c1-13-19(14-2-6-25(13)7-3-14)24-20(27)17-10-15-16(12-29-18(15)11-23-17)21(28)26-8-4-22-5-9-26/h10-14,19,22H,2-9H2,1H3,(H,24,27). The Kier molecular flexibility index (Phi) is 5.01. The summed E-state index contributed by atoms with van der Waals surface area (Å²) in [5.41, 5.74) is 1.08. The average molecular weight is 414 g/mol. The second kappa shape index (κ2) is 7.66. The Morgan fingerprint density at radius 1 is 1.21 bits per heavy atom. The average Bonchev–Trinajstić information content (AvgIpc) is 3.20. The molecule has 2 aromatic rings. The number of aromatic nitrogens is 1. The molecule has 6 heterocycles. The SMILES string of the molecule is CC1C(NC(=O)c2cc3c(C(=O)N4CCNCC4)csc3cn2)C2CCN1CC2. The summed E-state index contributed by atoms with van der Waals surface area (Å²) in [5, 5.41) is 9.24. The number of nitrogens with zero attached hydrogens (tertiary/aromatic N) is 3. The summed E-state index contributed by atoms with van der Waals surface area (Å²) in [6.45, 7) is 7.54. The molecule has 154 valence electrons. The Labute approximate surface area is 174 Å². The maximum Gasteiger partial charge on any atom is 0.270 e. The Bertz CT molecular complexity index is 928. The van der Waals surface area contributed by atoms with Crippen LogP contribution in [0.15, 0.2) is 17.6 Å². The molecule has 2 atom stereocenters. The van der Waals surface area contributed by atoms with E-state index in [1.807, 2.05) is 10.3 Å². The molecule has 2 bridgehead atoms. The molecule has 0 aromatic carbocycles. The fraction of sp³-hybridized carbons (Fsp3) is 0.571. The van der Waals surface area contributed by atoms with E-state index in [9.17, 15) is 9.59 Å². The fourth-order valence-corrected chi connectivity index (χ4v) is 5.91. The number of thiophene rings is 1. The number of carbonyl (C=O) groups excluding carboxylic acids is 2. The van der Waals surface area contributed by atoms with Crippen LogP contribution in [0, 0.1) is 5.92 Å². The minimum absolute atomic E-state index is 0.0429. The Morgan fingerprint density at radius 2 is 1.97 bits per heavy atom. The van der Waals surface area contributed by atoms with Crippen LogP contribution < -0.4 is 10.6 Å². The van der Waals surface area contributed by atoms with E-state index < -0.39 is 0 Å². The summed E-state index contributed by atoms with van der Waals surface area (Å²) < 4.78 is 0.941. The van der Waals surface area contributed by atoms with Crippen molar-refractivity contribution in [1.82, 2.24) is 25.4 Å². The predicted octanol–water partition coefficient (Wildman–Crippen LogP) is 1.55.